The van der Waals surface area contributed by atoms with Gasteiger partial charge < -0.3 is 9.90 Å². The predicted molar refractivity (Wildman–Crippen MR) is 260 cm³/mol. The van der Waals surface area contributed by atoms with Crippen molar-refractivity contribution < 1.29 is 34.9 Å². The summed E-state index contributed by atoms with van der Waals surface area (Å²) < 4.78 is 0. The van der Waals surface area contributed by atoms with Gasteiger partial charge in [0.05, 0.1) is 6.07 Å². The van der Waals surface area contributed by atoms with Crippen molar-refractivity contribution >= 4 is 80.9 Å². The van der Waals surface area contributed by atoms with E-state index in [9.17, 15) is 20.0 Å². The van der Waals surface area contributed by atoms with Gasteiger partial charge in [0.1, 0.15) is 0 Å². The summed E-state index contributed by atoms with van der Waals surface area (Å²) in [4.78, 5) is 19.9. The Morgan fingerprint density at radius 2 is 0.922 bits per heavy atom. The number of carbonyl (C=O) groups is 1. The molecule has 9 aromatic rings. The number of nitro benzene ring substituents is 1. The number of nitrogens with zero attached hydrogens (tertiary/aromatic N) is 2. The number of hydrogen-bond donors (Lipinski definition) is 0. The van der Waals surface area contributed by atoms with Crippen LogP contribution in [0.3, 0.4) is 0 Å². The summed E-state index contributed by atoms with van der Waals surface area (Å²) in [6.07, 6.45) is 1.50. The van der Waals surface area contributed by atoms with Crippen molar-refractivity contribution in [3.05, 3.63) is 254 Å². The number of carbonyl (C=O) groups excluding carboxylic acids is 1. The van der Waals surface area contributed by atoms with Gasteiger partial charge in [0.15, 0.2) is 0 Å². The molecule has 0 unspecified atom stereocenters. The molecular formula is C55H39IrN2O4P2+. The van der Waals surface area contributed by atoms with Crippen molar-refractivity contribution in [2.24, 2.45) is 0 Å². The minimum absolute atomic E-state index is 0. The number of rotatable bonds is 9. The van der Waals surface area contributed by atoms with Crippen LogP contribution in [0.2, 0.25) is 0 Å². The average Bonchev–Trinajstić information content (AvgIpc) is 3.33. The van der Waals surface area contributed by atoms with Crippen LogP contribution in [0.15, 0.2) is 206 Å². The Bertz CT molecular complexity index is 2800. The minimum atomic E-state index is -1.57. The standard InChI is InChI=1S/C44H32P2.C8H3N2O4.C3H5.Ir/c1-5-19-35(20-6-1)45(36-21-7-2-8-22-36)41-31-29-33-17-13-15-27-39(33)43(41)44-40-28-16-14-18-34(40)30-32-42(44)46(37-23-9-3-10-24-37)38-25-11-4-12-26-38;9-4-6-2-1-5(8(11)12)3-7(6)10(13)14;1-3-2;/h1-32H;2-3H,(H,11,12);3H,1-2H2;/q;-1;;+3/p-1. The first-order valence-electron chi connectivity index (χ1n) is 19.9. The van der Waals surface area contributed by atoms with Crippen molar-refractivity contribution in [3.63, 3.8) is 0 Å². The third-order valence-electron chi connectivity index (χ3n) is 10.1. The summed E-state index contributed by atoms with van der Waals surface area (Å²) >= 11 is 0. The molecular weight excluding hydrogens is 1010 g/mol. The van der Waals surface area contributed by atoms with Crippen LogP contribution in [0, 0.1) is 47.8 Å². The van der Waals surface area contributed by atoms with E-state index in [0.717, 1.165) is 12.1 Å². The van der Waals surface area contributed by atoms with Gasteiger partial charge in [-0.05, 0) is 107 Å². The van der Waals surface area contributed by atoms with Gasteiger partial charge in [-0.3, -0.25) is 10.1 Å². The second kappa shape index (κ2) is 22.6. The Kier molecular flexibility index (Phi) is 16.6. The molecule has 0 aliphatic heterocycles. The number of nitriles is 1. The van der Waals surface area contributed by atoms with E-state index in [-0.39, 0.29) is 25.7 Å². The van der Waals surface area contributed by atoms with Gasteiger partial charge in [-0.2, -0.15) is 0 Å². The van der Waals surface area contributed by atoms with Crippen LogP contribution in [-0.4, -0.2) is 10.9 Å². The molecule has 311 valence electrons. The molecule has 0 bridgehead atoms. The number of carboxylic acids is 1. The molecule has 0 aliphatic rings. The van der Waals surface area contributed by atoms with Gasteiger partial charge in [0.2, 0.25) is 5.69 Å². The number of hydrogen-bond acceptors (Lipinski definition) is 5. The molecule has 0 spiro atoms. The number of carboxylic acid groups (broad SMARTS) is 1. The molecule has 0 fully saturated rings. The molecule has 0 aliphatic carbocycles. The third-order valence-corrected chi connectivity index (χ3v) is 15.0. The minimum Gasteiger partial charge on any atom is -0.603 e. The molecule has 3 radical (unpaired) electrons. The summed E-state index contributed by atoms with van der Waals surface area (Å²) in [5.41, 5.74) is 1.45. The van der Waals surface area contributed by atoms with Crippen molar-refractivity contribution in [2.75, 3.05) is 0 Å². The van der Waals surface area contributed by atoms with Crippen molar-refractivity contribution in [3.8, 4) is 17.2 Å². The van der Waals surface area contributed by atoms with Gasteiger partial charge in [-0.15, -0.1) is 17.7 Å². The molecule has 9 rings (SSSR count). The van der Waals surface area contributed by atoms with E-state index >= 15 is 0 Å². The van der Waals surface area contributed by atoms with E-state index in [1.807, 2.05) is 0 Å². The summed E-state index contributed by atoms with van der Waals surface area (Å²) in [6, 6.07) is 77.3. The first kappa shape index (κ1) is 46.9. The molecule has 9 aromatic carbocycles. The molecule has 0 atom stereocenters. The predicted octanol–water partition coefficient (Wildman–Crippen LogP) is 9.66. The molecule has 9 heteroatoms. The van der Waals surface area contributed by atoms with Crippen LogP contribution in [0.4, 0.5) is 5.69 Å². The summed E-state index contributed by atoms with van der Waals surface area (Å²) in [5.74, 6) is -1.57. The second-order valence-electron chi connectivity index (χ2n) is 14.0. The number of nitro groups is 1. The van der Waals surface area contributed by atoms with E-state index in [1.165, 1.54) is 70.9 Å². The van der Waals surface area contributed by atoms with Crippen LogP contribution >= 0.6 is 15.8 Å². The van der Waals surface area contributed by atoms with Crippen molar-refractivity contribution in [1.29, 1.82) is 5.26 Å². The number of aromatic carboxylic acids is 1. The Labute approximate surface area is 389 Å². The van der Waals surface area contributed by atoms with Crippen molar-refractivity contribution in [2.45, 2.75) is 0 Å². The quantitative estimate of drug-likeness (QED) is 0.0620. The van der Waals surface area contributed by atoms with Crippen LogP contribution in [0.5, 0.6) is 0 Å². The van der Waals surface area contributed by atoms with Gasteiger partial charge in [-0.1, -0.05) is 200 Å². The maximum atomic E-state index is 10.4. The normalized spacial score (nSPS) is 10.5. The van der Waals surface area contributed by atoms with Gasteiger partial charge >= 0.3 is 20.1 Å². The zero-order valence-electron chi connectivity index (χ0n) is 34.4. The molecule has 0 N–H and O–H groups in total. The zero-order valence-corrected chi connectivity index (χ0v) is 38.6. The fourth-order valence-electron chi connectivity index (χ4n) is 7.42. The summed E-state index contributed by atoms with van der Waals surface area (Å²) in [5, 5.41) is 42.5. The van der Waals surface area contributed by atoms with Crippen LogP contribution in [0.25, 0.3) is 32.7 Å². The number of fused-ring (bicyclic) bond motifs is 2. The molecule has 0 aromatic heterocycles. The van der Waals surface area contributed by atoms with Gasteiger partial charge in [0, 0.05) is 10.5 Å². The van der Waals surface area contributed by atoms with E-state index in [0.29, 0.717) is 0 Å². The van der Waals surface area contributed by atoms with Crippen LogP contribution < -0.4 is 36.9 Å². The van der Waals surface area contributed by atoms with E-state index in [4.69, 9.17) is 5.26 Å². The third kappa shape index (κ3) is 10.6. The Morgan fingerprint density at radius 1 is 0.578 bits per heavy atom. The molecule has 0 saturated carbocycles. The smallest absolute Gasteiger partial charge is 0.603 e. The fourth-order valence-corrected chi connectivity index (χ4v) is 12.4. The Hall–Kier alpha value is -6.63. The van der Waals surface area contributed by atoms with Crippen LogP contribution in [0.1, 0.15) is 15.9 Å². The summed E-state index contributed by atoms with van der Waals surface area (Å²) in [7, 11) is -1.70. The molecule has 0 saturated heterocycles. The topological polar surface area (TPSA) is 107 Å². The number of benzene rings is 9. The summed E-state index contributed by atoms with van der Waals surface area (Å²) in [6.45, 7) is 6.50. The zero-order chi connectivity index (χ0) is 44.1. The fraction of sp³-hybridized carbons (Fsp3) is 0. The molecule has 6 nitrogen and oxygen atoms in total. The van der Waals surface area contributed by atoms with E-state index in [1.54, 1.807) is 6.07 Å². The maximum Gasteiger partial charge on any atom is 3.00 e. The van der Waals surface area contributed by atoms with Gasteiger partial charge in [0.25, 0.3) is 0 Å². The first-order chi connectivity index (χ1) is 30.8. The monoisotopic (exact) mass is 1050 g/mol. The molecule has 64 heavy (non-hydrogen) atoms. The van der Waals surface area contributed by atoms with Crippen molar-refractivity contribution in [1.82, 2.24) is 0 Å². The Morgan fingerprint density at radius 3 is 1.25 bits per heavy atom. The second-order valence-corrected chi connectivity index (χ2v) is 18.3. The molecule has 0 amide bonds. The maximum absolute atomic E-state index is 10.4. The largest absolute Gasteiger partial charge is 3.00 e. The van der Waals surface area contributed by atoms with E-state index < -0.39 is 38.0 Å². The van der Waals surface area contributed by atoms with Gasteiger partial charge in [-0.25, -0.2) is 5.26 Å². The molecule has 0 heterocycles. The first-order valence-corrected chi connectivity index (χ1v) is 22.6. The Balaban J connectivity index is 0.000000321. The van der Waals surface area contributed by atoms with Crippen LogP contribution in [-0.2, 0) is 20.1 Å². The van der Waals surface area contributed by atoms with E-state index in [2.05, 4.69) is 214 Å². The average molecular weight is 1050 g/mol. The SMILES string of the molecule is N#Cc1c[c-]c(C(=O)[O-])cc1[N+](=O)[O-].[CH2][CH][CH2].[Ir+3].c1ccc(P(c2ccccc2)c2ccc3ccccc3c2-c2c(P(c3ccccc3)c3ccccc3)ccc3ccccc23)cc1.